The first-order chi connectivity index (χ1) is 18.0. The molecule has 0 aliphatic carbocycles. The summed E-state index contributed by atoms with van der Waals surface area (Å²) in [6, 6.07) is 25.8. The Morgan fingerprint density at radius 2 is 1.62 bits per heavy atom. The lowest BCUT2D eigenvalue weighted by Gasteiger charge is -2.17. The van der Waals surface area contributed by atoms with Crippen LogP contribution in [0.3, 0.4) is 0 Å². The quantitative estimate of drug-likeness (QED) is 0.323. The van der Waals surface area contributed by atoms with E-state index in [1.807, 2.05) is 85.8 Å². The van der Waals surface area contributed by atoms with E-state index in [0.717, 1.165) is 45.8 Å². The van der Waals surface area contributed by atoms with Gasteiger partial charge >= 0.3 is 5.76 Å². The van der Waals surface area contributed by atoms with E-state index in [1.165, 1.54) is 0 Å². The highest BCUT2D eigenvalue weighted by Gasteiger charge is 2.17. The van der Waals surface area contributed by atoms with Crippen molar-refractivity contribution in [2.45, 2.75) is 39.7 Å². The van der Waals surface area contributed by atoms with Gasteiger partial charge in [0.25, 0.3) is 5.56 Å². The Hall–Kier alpha value is -4.52. The van der Waals surface area contributed by atoms with Gasteiger partial charge in [-0.1, -0.05) is 84.9 Å². The SMILES string of the molecule is CCCc1nc(C)c(Cc2ccccc2)c(=O)n1Cc1ccc(-c2ccccc2)c(-c2noc(=O)[nH]2)c1. The summed E-state index contributed by atoms with van der Waals surface area (Å²) in [5.41, 5.74) is 6.04. The average Bonchev–Trinajstić information content (AvgIpc) is 3.36. The van der Waals surface area contributed by atoms with Gasteiger partial charge in [0.05, 0.1) is 6.54 Å². The molecule has 0 fully saturated rings. The summed E-state index contributed by atoms with van der Waals surface area (Å²) >= 11 is 0. The molecule has 0 atom stereocenters. The van der Waals surface area contributed by atoms with Crippen LogP contribution in [0.2, 0.25) is 0 Å². The summed E-state index contributed by atoms with van der Waals surface area (Å²) in [5, 5.41) is 3.93. The number of aromatic nitrogens is 4. The van der Waals surface area contributed by atoms with Crippen LogP contribution in [0.1, 0.15) is 41.6 Å². The topological polar surface area (TPSA) is 93.8 Å². The predicted octanol–water partition coefficient (Wildman–Crippen LogP) is 5.15. The zero-order chi connectivity index (χ0) is 25.8. The van der Waals surface area contributed by atoms with E-state index in [4.69, 9.17) is 9.51 Å². The van der Waals surface area contributed by atoms with Crippen LogP contribution in [0.25, 0.3) is 22.5 Å². The van der Waals surface area contributed by atoms with Crippen molar-refractivity contribution in [1.82, 2.24) is 19.7 Å². The molecule has 186 valence electrons. The summed E-state index contributed by atoms with van der Waals surface area (Å²) in [6.45, 7) is 4.35. The van der Waals surface area contributed by atoms with Crippen molar-refractivity contribution < 1.29 is 4.52 Å². The summed E-state index contributed by atoms with van der Waals surface area (Å²) < 4.78 is 6.58. The van der Waals surface area contributed by atoms with Crippen molar-refractivity contribution in [3.05, 3.63) is 128 Å². The number of nitrogens with zero attached hydrogens (tertiary/aromatic N) is 3. The van der Waals surface area contributed by atoms with Crippen LogP contribution in [-0.2, 0) is 19.4 Å². The van der Waals surface area contributed by atoms with Gasteiger partial charge < -0.3 is 0 Å². The molecule has 2 heterocycles. The highest BCUT2D eigenvalue weighted by atomic mass is 16.5. The second-order valence-electron chi connectivity index (χ2n) is 9.09. The Morgan fingerprint density at radius 1 is 0.892 bits per heavy atom. The number of rotatable bonds is 8. The van der Waals surface area contributed by atoms with Gasteiger partial charge in [-0.25, -0.2) is 9.78 Å². The van der Waals surface area contributed by atoms with Crippen molar-refractivity contribution >= 4 is 0 Å². The lowest BCUT2D eigenvalue weighted by Crippen LogP contribution is -2.30. The Morgan fingerprint density at radius 3 is 2.30 bits per heavy atom. The molecule has 5 aromatic rings. The monoisotopic (exact) mass is 492 g/mol. The van der Waals surface area contributed by atoms with Crippen molar-refractivity contribution in [3.63, 3.8) is 0 Å². The maximum Gasteiger partial charge on any atom is 0.439 e. The summed E-state index contributed by atoms with van der Waals surface area (Å²) in [6.07, 6.45) is 2.11. The standard InChI is InChI=1S/C30H28N4O3/c1-3-10-27-31-20(2)25(17-21-11-6-4-7-12-21)29(35)34(27)19-22-15-16-24(23-13-8-5-9-14-23)26(18-22)28-32-30(36)37-33-28/h4-9,11-16,18H,3,10,17,19H2,1-2H3,(H,32,33,36). The molecule has 0 radical (unpaired) electrons. The number of aromatic amines is 1. The third-order valence-corrected chi connectivity index (χ3v) is 6.45. The van der Waals surface area contributed by atoms with Crippen molar-refractivity contribution in [2.24, 2.45) is 0 Å². The smallest absolute Gasteiger partial charge is 0.296 e. The molecule has 0 saturated heterocycles. The van der Waals surface area contributed by atoms with Crippen LogP contribution >= 0.6 is 0 Å². The van der Waals surface area contributed by atoms with E-state index < -0.39 is 5.76 Å². The van der Waals surface area contributed by atoms with Crippen LogP contribution in [-0.4, -0.2) is 19.7 Å². The van der Waals surface area contributed by atoms with Gasteiger partial charge in [0.1, 0.15) is 5.82 Å². The number of nitrogens with one attached hydrogen (secondary N) is 1. The minimum absolute atomic E-state index is 0.0247. The van der Waals surface area contributed by atoms with Crippen LogP contribution in [0, 0.1) is 6.92 Å². The molecule has 5 rings (SSSR count). The second-order valence-corrected chi connectivity index (χ2v) is 9.09. The largest absolute Gasteiger partial charge is 0.439 e. The zero-order valence-electron chi connectivity index (χ0n) is 20.9. The van der Waals surface area contributed by atoms with E-state index in [-0.39, 0.29) is 5.56 Å². The molecule has 1 N–H and O–H groups in total. The van der Waals surface area contributed by atoms with Gasteiger partial charge in [0.15, 0.2) is 5.82 Å². The average molecular weight is 493 g/mol. The van der Waals surface area contributed by atoms with Crippen molar-refractivity contribution in [1.29, 1.82) is 0 Å². The van der Waals surface area contributed by atoms with E-state index >= 15 is 0 Å². The van der Waals surface area contributed by atoms with Gasteiger partial charge in [-0.15, -0.1) is 0 Å². The molecule has 3 aromatic carbocycles. The summed E-state index contributed by atoms with van der Waals surface area (Å²) in [7, 11) is 0. The van der Waals surface area contributed by atoms with Gasteiger partial charge in [0.2, 0.25) is 0 Å². The number of hydrogen-bond acceptors (Lipinski definition) is 5. The van der Waals surface area contributed by atoms with Crippen LogP contribution < -0.4 is 11.3 Å². The third-order valence-electron chi connectivity index (χ3n) is 6.45. The molecular formula is C30H28N4O3. The van der Waals surface area contributed by atoms with E-state index in [1.54, 1.807) is 4.57 Å². The first-order valence-corrected chi connectivity index (χ1v) is 12.4. The van der Waals surface area contributed by atoms with Crippen LogP contribution in [0.15, 0.2) is 93.0 Å². The molecule has 7 nitrogen and oxygen atoms in total. The number of hydrogen-bond donors (Lipinski definition) is 1. The number of benzene rings is 3. The molecule has 0 aliphatic rings. The van der Waals surface area contributed by atoms with E-state index in [2.05, 4.69) is 17.1 Å². The Bertz CT molecular complexity index is 1630. The highest BCUT2D eigenvalue weighted by molar-refractivity contribution is 5.80. The molecule has 0 bridgehead atoms. The predicted molar refractivity (Wildman–Crippen MR) is 144 cm³/mol. The zero-order valence-corrected chi connectivity index (χ0v) is 20.9. The molecule has 2 aromatic heterocycles. The van der Waals surface area contributed by atoms with Crippen molar-refractivity contribution in [3.8, 4) is 22.5 Å². The van der Waals surface area contributed by atoms with Gasteiger partial charge in [-0.05, 0) is 41.7 Å². The van der Waals surface area contributed by atoms with Crippen LogP contribution in [0.4, 0.5) is 0 Å². The maximum absolute atomic E-state index is 13.8. The Kier molecular flexibility index (Phi) is 6.94. The maximum atomic E-state index is 13.8. The van der Waals surface area contributed by atoms with Crippen molar-refractivity contribution in [2.75, 3.05) is 0 Å². The summed E-state index contributed by atoms with van der Waals surface area (Å²) in [4.78, 5) is 33.0. The Labute approximate surface area is 214 Å². The molecule has 0 spiro atoms. The Balaban J connectivity index is 1.60. The van der Waals surface area contributed by atoms with Gasteiger partial charge in [-0.3, -0.25) is 18.9 Å². The fourth-order valence-corrected chi connectivity index (χ4v) is 4.62. The lowest BCUT2D eigenvalue weighted by molar-refractivity contribution is 0.388. The minimum atomic E-state index is -0.617. The number of aryl methyl sites for hydroxylation is 2. The van der Waals surface area contributed by atoms with E-state index in [0.29, 0.717) is 30.8 Å². The fourth-order valence-electron chi connectivity index (χ4n) is 4.62. The third kappa shape index (κ3) is 5.21. The van der Waals surface area contributed by atoms with Gasteiger partial charge in [0, 0.05) is 29.7 Å². The molecule has 0 saturated carbocycles. The van der Waals surface area contributed by atoms with Crippen LogP contribution in [0.5, 0.6) is 0 Å². The molecule has 0 unspecified atom stereocenters. The fraction of sp³-hybridized carbons (Fsp3) is 0.200. The molecule has 7 heteroatoms. The molecular weight excluding hydrogens is 464 g/mol. The molecule has 0 aliphatic heterocycles. The molecule has 0 amide bonds. The first-order valence-electron chi connectivity index (χ1n) is 12.4. The minimum Gasteiger partial charge on any atom is -0.296 e. The lowest BCUT2D eigenvalue weighted by atomic mass is 9.97. The molecule has 37 heavy (non-hydrogen) atoms. The number of H-pyrrole nitrogens is 1. The summed E-state index contributed by atoms with van der Waals surface area (Å²) in [5.74, 6) is 0.498. The second kappa shape index (κ2) is 10.6. The normalized spacial score (nSPS) is 11.1. The highest BCUT2D eigenvalue weighted by Crippen LogP contribution is 2.31. The van der Waals surface area contributed by atoms with Gasteiger partial charge in [-0.2, -0.15) is 0 Å². The van der Waals surface area contributed by atoms with E-state index in [9.17, 15) is 9.59 Å². The first kappa shape index (κ1) is 24.2.